The highest BCUT2D eigenvalue weighted by molar-refractivity contribution is 5.91. The lowest BCUT2D eigenvalue weighted by Gasteiger charge is -1.95. The topological polar surface area (TPSA) is 116 Å². The van der Waals surface area contributed by atoms with Gasteiger partial charge in [0.2, 0.25) is 0 Å². The molecule has 0 bridgehead atoms. The van der Waals surface area contributed by atoms with Gasteiger partial charge in [0.25, 0.3) is 0 Å². The van der Waals surface area contributed by atoms with Crippen molar-refractivity contribution in [2.75, 3.05) is 27.9 Å². The third kappa shape index (κ3) is 20.1. The van der Waals surface area contributed by atoms with Crippen molar-refractivity contribution in [3.05, 3.63) is 12.2 Å². The molecule has 0 saturated carbocycles. The smallest absolute Gasteiger partial charge is 0.330 e. The first-order chi connectivity index (χ1) is 10.8. The van der Waals surface area contributed by atoms with E-state index >= 15 is 0 Å². The first-order valence-corrected chi connectivity index (χ1v) is 6.15. The van der Waals surface area contributed by atoms with Crippen LogP contribution in [0.1, 0.15) is 29.5 Å². The van der Waals surface area contributed by atoms with Crippen molar-refractivity contribution in [1.82, 2.24) is 0 Å². The van der Waals surface area contributed by atoms with E-state index in [-0.39, 0.29) is 20.1 Å². The molecule has 22 heavy (non-hydrogen) atoms. The summed E-state index contributed by atoms with van der Waals surface area (Å²) in [7, 11) is 3.71. The Hall–Kier alpha value is -2.22. The van der Waals surface area contributed by atoms with E-state index in [4.69, 9.17) is 6.48 Å². The van der Waals surface area contributed by atoms with Crippen molar-refractivity contribution in [1.29, 1.82) is 0 Å². The Labute approximate surface area is 132 Å². The molecule has 130 valence electrons. The zero-order valence-electron chi connectivity index (χ0n) is 14.3. The van der Waals surface area contributed by atoms with E-state index in [2.05, 4.69) is 14.2 Å². The zero-order valence-corrected chi connectivity index (χ0v) is 13.3. The number of rotatable bonds is 6. The molecule has 0 fully saturated rings. The number of carbonyl (C=O) groups is 4. The Kier molecular flexibility index (Phi) is 18.8. The average molecular weight is 323 g/mol. The predicted molar refractivity (Wildman–Crippen MR) is 80.0 cm³/mol. The van der Waals surface area contributed by atoms with Gasteiger partial charge < -0.3 is 19.3 Å². The van der Waals surface area contributed by atoms with Gasteiger partial charge in [0, 0.05) is 21.4 Å². The van der Waals surface area contributed by atoms with Crippen molar-refractivity contribution in [3.8, 4) is 0 Å². The standard InChI is InChI=1S/C6H8O4.C6H10O4.C2H6.H2/c1-9-5(7)3-4-6(8)10-2;1-10-6(9)3-2-5(8)4-7;1-2;/h3-4H,1-2H3;7H,2-4H2,1H3;1-2H3;1H/b4-3-;;;/i;;1D;. The zero-order chi connectivity index (χ0) is 18.7. The second-order valence-electron chi connectivity index (χ2n) is 3.15. The van der Waals surface area contributed by atoms with Gasteiger partial charge in [-0.2, -0.15) is 0 Å². The summed E-state index contributed by atoms with van der Waals surface area (Å²) in [6.07, 6.45) is 2.09. The van der Waals surface area contributed by atoms with Crippen LogP contribution in [0.3, 0.4) is 0 Å². The fraction of sp³-hybridized carbons (Fsp3) is 0.571. The summed E-state index contributed by atoms with van der Waals surface area (Å²) in [4.78, 5) is 41.4. The van der Waals surface area contributed by atoms with Crippen molar-refractivity contribution >= 4 is 23.7 Å². The van der Waals surface area contributed by atoms with E-state index in [0.29, 0.717) is 6.90 Å². The van der Waals surface area contributed by atoms with Crippen LogP contribution in [-0.2, 0) is 33.4 Å². The Morgan fingerprint density at radius 3 is 1.68 bits per heavy atom. The van der Waals surface area contributed by atoms with Crippen LogP contribution < -0.4 is 0 Å². The first kappa shape index (κ1) is 22.1. The minimum absolute atomic E-state index is 0. The SMILES string of the molecule is COC(=O)/C=C\C(=O)OC.COC(=O)CCC(=O)CO.[2H]CC.[HH]. The lowest BCUT2D eigenvalue weighted by molar-refractivity contribution is -0.142. The number of hydrogen-bond acceptors (Lipinski definition) is 8. The predicted octanol–water partition coefficient (Wildman–Crippen LogP) is 0.662. The van der Waals surface area contributed by atoms with E-state index in [1.165, 1.54) is 21.3 Å². The van der Waals surface area contributed by atoms with E-state index < -0.39 is 24.5 Å². The monoisotopic (exact) mass is 323 g/mol. The van der Waals surface area contributed by atoms with Crippen LogP contribution in [0.4, 0.5) is 0 Å². The average Bonchev–Trinajstić information content (AvgIpc) is 2.57. The molecule has 0 saturated heterocycles. The fourth-order valence-corrected chi connectivity index (χ4v) is 0.695. The van der Waals surface area contributed by atoms with Gasteiger partial charge in [-0.1, -0.05) is 13.8 Å². The second kappa shape index (κ2) is 18.8. The third-order valence-corrected chi connectivity index (χ3v) is 1.77. The number of aliphatic hydroxyl groups is 1. The Morgan fingerprint density at radius 2 is 1.41 bits per heavy atom. The first-order valence-electron chi connectivity index (χ1n) is 6.86. The van der Waals surface area contributed by atoms with Gasteiger partial charge in [-0.15, -0.1) is 0 Å². The molecule has 0 aromatic rings. The van der Waals surface area contributed by atoms with Gasteiger partial charge in [0.15, 0.2) is 5.78 Å². The molecule has 0 aliphatic heterocycles. The Balaban J connectivity index is -0.000000138. The molecule has 0 atom stereocenters. The molecule has 0 aromatic carbocycles. The Bertz CT molecular complexity index is 349. The van der Waals surface area contributed by atoms with Crippen LogP contribution >= 0.6 is 0 Å². The molecule has 0 heterocycles. The molecule has 0 amide bonds. The van der Waals surface area contributed by atoms with Crippen LogP contribution in [0.15, 0.2) is 12.2 Å². The molecule has 0 spiro atoms. The van der Waals surface area contributed by atoms with Crippen LogP contribution in [-0.4, -0.2) is 56.7 Å². The van der Waals surface area contributed by atoms with Crippen LogP contribution in [0.25, 0.3) is 0 Å². The maximum Gasteiger partial charge on any atom is 0.330 e. The van der Waals surface area contributed by atoms with Crippen molar-refractivity contribution < 1.29 is 41.3 Å². The van der Waals surface area contributed by atoms with Gasteiger partial charge in [0.1, 0.15) is 6.61 Å². The van der Waals surface area contributed by atoms with Crippen molar-refractivity contribution in [2.24, 2.45) is 0 Å². The molecule has 0 radical (unpaired) electrons. The molecular weight excluding hydrogens is 296 g/mol. The van der Waals surface area contributed by atoms with E-state index in [0.717, 1.165) is 12.2 Å². The van der Waals surface area contributed by atoms with Crippen LogP contribution in [0.2, 0.25) is 0 Å². The normalized spacial score (nSPS) is 9.23. The summed E-state index contributed by atoms with van der Waals surface area (Å²) in [5.74, 6) is -1.93. The number of esters is 3. The lowest BCUT2D eigenvalue weighted by Crippen LogP contribution is -2.08. The van der Waals surface area contributed by atoms with Crippen molar-refractivity contribution in [3.63, 3.8) is 0 Å². The number of Topliss-reactive ketones (excluding diaryl/α,β-unsaturated/α-hetero) is 1. The highest BCUT2D eigenvalue weighted by Gasteiger charge is 2.04. The number of hydrogen-bond donors (Lipinski definition) is 1. The highest BCUT2D eigenvalue weighted by atomic mass is 16.5. The minimum atomic E-state index is -0.578. The van der Waals surface area contributed by atoms with E-state index in [1.807, 2.05) is 0 Å². The van der Waals surface area contributed by atoms with E-state index in [1.54, 1.807) is 6.92 Å². The number of aliphatic hydroxyl groups excluding tert-OH is 1. The van der Waals surface area contributed by atoms with Gasteiger partial charge >= 0.3 is 17.9 Å². The molecular formula is C14H26O8. The quantitative estimate of drug-likeness (QED) is 0.430. The number of carbonyl (C=O) groups excluding carboxylic acids is 4. The van der Waals surface area contributed by atoms with Gasteiger partial charge in [0.05, 0.1) is 27.8 Å². The minimum Gasteiger partial charge on any atom is -0.469 e. The molecule has 8 heteroatoms. The molecule has 1 N–H and O–H groups in total. The second-order valence-corrected chi connectivity index (χ2v) is 3.15. The van der Waals surface area contributed by atoms with Crippen molar-refractivity contribution in [2.45, 2.75) is 26.7 Å². The number of ketones is 1. The largest absolute Gasteiger partial charge is 0.469 e. The van der Waals surface area contributed by atoms with Gasteiger partial charge in [-0.3, -0.25) is 9.59 Å². The van der Waals surface area contributed by atoms with Gasteiger partial charge in [-0.05, 0) is 0 Å². The van der Waals surface area contributed by atoms with Gasteiger partial charge in [-0.25, -0.2) is 9.59 Å². The molecule has 8 nitrogen and oxygen atoms in total. The summed E-state index contributed by atoms with van der Waals surface area (Å²) < 4.78 is 18.9. The summed E-state index contributed by atoms with van der Waals surface area (Å²) in [5.41, 5.74) is 0. The number of ether oxygens (including phenoxy) is 3. The Morgan fingerprint density at radius 1 is 1.00 bits per heavy atom. The maximum atomic E-state index is 10.4. The summed E-state index contributed by atoms with van der Waals surface area (Å²) in [6, 6.07) is 0. The maximum absolute atomic E-state index is 10.4. The number of methoxy groups -OCH3 is 3. The summed E-state index contributed by atoms with van der Waals surface area (Å²) in [6.45, 7) is 1.79. The van der Waals surface area contributed by atoms with Crippen LogP contribution in [0.5, 0.6) is 0 Å². The molecule has 0 aromatic heterocycles. The highest BCUT2D eigenvalue weighted by Crippen LogP contribution is 1.91. The molecule has 0 unspecified atom stereocenters. The molecule has 0 rings (SSSR count). The molecule has 0 aliphatic rings. The lowest BCUT2D eigenvalue weighted by atomic mass is 10.2. The summed E-state index contributed by atoms with van der Waals surface area (Å²) in [5, 5.41) is 8.22. The molecule has 0 aliphatic carbocycles. The third-order valence-electron chi connectivity index (χ3n) is 1.77. The fourth-order valence-electron chi connectivity index (χ4n) is 0.695. The van der Waals surface area contributed by atoms with E-state index in [9.17, 15) is 19.2 Å². The van der Waals surface area contributed by atoms with Crippen LogP contribution in [0, 0.1) is 0 Å². The summed E-state index contributed by atoms with van der Waals surface area (Å²) >= 11 is 0.